The largest absolute Gasteiger partial charge is 0.405 e. The second kappa shape index (κ2) is 8.32. The molecule has 0 atom stereocenters. The number of aromatic nitrogens is 3. The number of nitrogens with one attached hydrogen (secondary N) is 2. The van der Waals surface area contributed by atoms with E-state index in [1.165, 1.54) is 0 Å². The quantitative estimate of drug-likeness (QED) is 0.375. The molecule has 0 saturated heterocycles. The van der Waals surface area contributed by atoms with Crippen molar-refractivity contribution in [3.63, 3.8) is 0 Å². The van der Waals surface area contributed by atoms with Crippen molar-refractivity contribution in [2.45, 2.75) is 57.3 Å². The van der Waals surface area contributed by atoms with Crippen molar-refractivity contribution in [1.82, 2.24) is 15.2 Å². The van der Waals surface area contributed by atoms with Gasteiger partial charge in [-0.25, -0.2) is 4.98 Å². The fourth-order valence-electron chi connectivity index (χ4n) is 3.61. The number of rotatable bonds is 5. The number of nitrogens with two attached hydrogens (primary N) is 1. The molecule has 32 heavy (non-hydrogen) atoms. The molecule has 11 heteroatoms. The minimum Gasteiger partial charge on any atom is -0.402 e. The van der Waals surface area contributed by atoms with E-state index >= 15 is 0 Å². The van der Waals surface area contributed by atoms with Gasteiger partial charge in [-0.15, -0.1) is 5.10 Å². The molecular formula is C21H24F3IN6O. The van der Waals surface area contributed by atoms with Crippen molar-refractivity contribution in [2.24, 2.45) is 5.73 Å². The predicted molar refractivity (Wildman–Crippen MR) is 126 cm³/mol. The number of alkyl halides is 3. The first-order valence-electron chi connectivity index (χ1n) is 10.2. The first kappa shape index (κ1) is 23.0. The van der Waals surface area contributed by atoms with Crippen LogP contribution in [-0.2, 0) is 5.41 Å². The van der Waals surface area contributed by atoms with Crippen LogP contribution < -0.4 is 16.4 Å². The number of hydrogen-bond acceptors (Lipinski definition) is 7. The van der Waals surface area contributed by atoms with Crippen molar-refractivity contribution in [3.8, 4) is 11.6 Å². The Kier molecular flexibility index (Phi) is 5.99. The molecule has 0 amide bonds. The van der Waals surface area contributed by atoms with E-state index in [2.05, 4.69) is 43.4 Å². The average molecular weight is 560 g/mol. The third-order valence-electron chi connectivity index (χ3n) is 5.31. The maximum absolute atomic E-state index is 12.7. The number of halogens is 4. The van der Waals surface area contributed by atoms with Crippen LogP contribution in [0.3, 0.4) is 0 Å². The zero-order valence-electron chi connectivity index (χ0n) is 17.8. The highest BCUT2D eigenvalue weighted by Crippen LogP contribution is 2.36. The molecule has 1 aromatic carbocycles. The Balaban J connectivity index is 1.71. The van der Waals surface area contributed by atoms with E-state index in [-0.39, 0.29) is 23.4 Å². The predicted octanol–water partition coefficient (Wildman–Crippen LogP) is 5.06. The van der Waals surface area contributed by atoms with Crippen molar-refractivity contribution in [3.05, 3.63) is 27.3 Å². The topological polar surface area (TPSA) is 102 Å². The minimum absolute atomic E-state index is 0.199. The van der Waals surface area contributed by atoms with Crippen LogP contribution in [0.5, 0.6) is 0 Å². The molecule has 3 aromatic rings. The van der Waals surface area contributed by atoms with Crippen molar-refractivity contribution >= 4 is 45.2 Å². The second-order valence-electron chi connectivity index (χ2n) is 9.11. The SMILES string of the molecule is CC(C)(C)c1cc(NCC(F)(F)F)cc2c(I)cc(-c3nnc(N[C@H]4C[C@@H](N)C4)o3)nc12. The van der Waals surface area contributed by atoms with Crippen molar-refractivity contribution in [2.75, 3.05) is 17.2 Å². The highest BCUT2D eigenvalue weighted by molar-refractivity contribution is 14.1. The lowest BCUT2D eigenvalue weighted by atomic mass is 9.85. The number of benzene rings is 1. The van der Waals surface area contributed by atoms with Crippen molar-refractivity contribution < 1.29 is 17.6 Å². The third kappa shape index (κ3) is 5.08. The van der Waals surface area contributed by atoms with Crippen LogP contribution in [0.15, 0.2) is 22.6 Å². The summed E-state index contributed by atoms with van der Waals surface area (Å²) in [5.74, 6) is 0.273. The van der Waals surface area contributed by atoms with E-state index in [0.717, 1.165) is 27.4 Å². The van der Waals surface area contributed by atoms with E-state index < -0.39 is 12.7 Å². The zero-order chi connectivity index (χ0) is 23.3. The molecule has 0 bridgehead atoms. The summed E-state index contributed by atoms with van der Waals surface area (Å²) in [6.07, 6.45) is -2.60. The summed E-state index contributed by atoms with van der Waals surface area (Å²) in [4.78, 5) is 4.76. The van der Waals surface area contributed by atoms with Gasteiger partial charge in [0.05, 0.1) is 5.52 Å². The maximum atomic E-state index is 12.7. The Hall–Kier alpha value is -2.15. The van der Waals surface area contributed by atoms with Crippen molar-refractivity contribution in [1.29, 1.82) is 0 Å². The molecule has 172 valence electrons. The Labute approximate surface area is 196 Å². The Morgan fingerprint density at radius 1 is 1.16 bits per heavy atom. The van der Waals surface area contributed by atoms with Gasteiger partial charge in [0.2, 0.25) is 0 Å². The minimum atomic E-state index is -4.31. The molecule has 1 aliphatic rings. The summed E-state index contributed by atoms with van der Waals surface area (Å²) in [5.41, 5.74) is 7.87. The standard InChI is InChI=1S/C21H24F3IN6O/c1-20(2,3)14-7-11(27-9-21(22,23)24)6-13-15(25)8-16(29-17(13)14)18-30-31-19(32-18)28-12-4-10(26)5-12/h6-8,10,12,27H,4-5,9,26H2,1-3H3,(H,28,31)/t10-,12+. The number of anilines is 2. The summed E-state index contributed by atoms with van der Waals surface area (Å²) in [5, 5.41) is 14.6. The first-order valence-corrected chi connectivity index (χ1v) is 11.3. The van der Waals surface area contributed by atoms with Gasteiger partial charge in [0.1, 0.15) is 12.2 Å². The van der Waals surface area contributed by atoms with Gasteiger partial charge in [0, 0.05) is 26.7 Å². The first-order chi connectivity index (χ1) is 14.9. The molecular weight excluding hydrogens is 536 g/mol. The van der Waals surface area contributed by atoms with Crippen LogP contribution >= 0.6 is 22.6 Å². The van der Waals surface area contributed by atoms with Crippen LogP contribution in [-0.4, -0.2) is 40.0 Å². The van der Waals surface area contributed by atoms with Crippen LogP contribution in [0.4, 0.5) is 24.9 Å². The van der Waals surface area contributed by atoms with Crippen LogP contribution in [0, 0.1) is 3.57 Å². The molecule has 0 spiro atoms. The average Bonchev–Trinajstić information content (AvgIpc) is 3.12. The van der Waals surface area contributed by atoms with Gasteiger partial charge in [0.25, 0.3) is 5.89 Å². The lowest BCUT2D eigenvalue weighted by Crippen LogP contribution is -2.44. The van der Waals surface area contributed by atoms with E-state index in [4.69, 9.17) is 15.1 Å². The maximum Gasteiger partial charge on any atom is 0.405 e. The molecule has 0 aliphatic heterocycles. The molecule has 4 rings (SSSR count). The van der Waals surface area contributed by atoms with Crippen LogP contribution in [0.2, 0.25) is 0 Å². The van der Waals surface area contributed by atoms with Gasteiger partial charge < -0.3 is 20.8 Å². The van der Waals surface area contributed by atoms with E-state index in [1.54, 1.807) is 18.2 Å². The number of pyridine rings is 1. The fraction of sp³-hybridized carbons (Fsp3) is 0.476. The third-order valence-corrected chi connectivity index (χ3v) is 6.20. The number of nitrogens with zero attached hydrogens (tertiary/aromatic N) is 3. The molecule has 1 fully saturated rings. The summed E-state index contributed by atoms with van der Waals surface area (Å²) in [6, 6.07) is 5.94. The lowest BCUT2D eigenvalue weighted by molar-refractivity contribution is -0.115. The monoisotopic (exact) mass is 560 g/mol. The van der Waals surface area contributed by atoms with Crippen LogP contribution in [0.25, 0.3) is 22.5 Å². The molecule has 0 unspecified atom stereocenters. The molecule has 4 N–H and O–H groups in total. The number of hydrogen-bond donors (Lipinski definition) is 3. The van der Waals surface area contributed by atoms with Gasteiger partial charge in [0.15, 0.2) is 0 Å². The Morgan fingerprint density at radius 2 is 1.88 bits per heavy atom. The van der Waals surface area contributed by atoms with E-state index in [9.17, 15) is 13.2 Å². The molecule has 1 aliphatic carbocycles. The van der Waals surface area contributed by atoms with Crippen LogP contribution in [0.1, 0.15) is 39.2 Å². The number of fused-ring (bicyclic) bond motifs is 1. The summed E-state index contributed by atoms with van der Waals surface area (Å²) >= 11 is 2.15. The summed E-state index contributed by atoms with van der Waals surface area (Å²) in [7, 11) is 0. The molecule has 2 heterocycles. The smallest absolute Gasteiger partial charge is 0.402 e. The van der Waals surface area contributed by atoms with Gasteiger partial charge >= 0.3 is 12.2 Å². The van der Waals surface area contributed by atoms with Gasteiger partial charge in [-0.05, 0) is 64.6 Å². The van der Waals surface area contributed by atoms with Gasteiger partial charge in [-0.2, -0.15) is 13.2 Å². The molecule has 1 saturated carbocycles. The second-order valence-corrected chi connectivity index (χ2v) is 10.3. The zero-order valence-corrected chi connectivity index (χ0v) is 20.0. The highest BCUT2D eigenvalue weighted by atomic mass is 127. The normalized spacial score (nSPS) is 19.1. The summed E-state index contributed by atoms with van der Waals surface area (Å²) < 4.78 is 44.8. The van der Waals surface area contributed by atoms with E-state index in [1.807, 2.05) is 20.8 Å². The van der Waals surface area contributed by atoms with Gasteiger partial charge in [-0.1, -0.05) is 25.9 Å². The van der Waals surface area contributed by atoms with E-state index in [0.29, 0.717) is 22.9 Å². The van der Waals surface area contributed by atoms with Gasteiger partial charge in [-0.3, -0.25) is 0 Å². The molecule has 2 aromatic heterocycles. The lowest BCUT2D eigenvalue weighted by Gasteiger charge is -2.32. The fourth-order valence-corrected chi connectivity index (χ4v) is 4.32. The molecule has 0 radical (unpaired) electrons. The highest BCUT2D eigenvalue weighted by Gasteiger charge is 2.29. The Morgan fingerprint density at radius 3 is 2.50 bits per heavy atom. The molecule has 7 nitrogen and oxygen atoms in total. The Bertz CT molecular complexity index is 1130. The summed E-state index contributed by atoms with van der Waals surface area (Å²) in [6.45, 7) is 4.88.